The molecule has 0 saturated heterocycles. The number of hydrogen-bond acceptors (Lipinski definition) is 1. The van der Waals surface area contributed by atoms with Crippen LogP contribution in [-0.4, -0.2) is 6.54 Å². The molecular weight excluding hydrogens is 170 g/mol. The van der Waals surface area contributed by atoms with Crippen molar-refractivity contribution >= 4 is 0 Å². The van der Waals surface area contributed by atoms with Crippen molar-refractivity contribution < 1.29 is 0 Å². The van der Waals surface area contributed by atoms with Crippen LogP contribution in [0.4, 0.5) is 0 Å². The van der Waals surface area contributed by atoms with Gasteiger partial charge in [0.1, 0.15) is 0 Å². The zero-order chi connectivity index (χ0) is 10.2. The predicted octanol–water partition coefficient (Wildman–Crippen LogP) is 3.19. The van der Waals surface area contributed by atoms with Crippen molar-refractivity contribution in [2.45, 2.75) is 52.4 Å². The van der Waals surface area contributed by atoms with Crippen LogP contribution in [0.3, 0.4) is 0 Å². The van der Waals surface area contributed by atoms with Gasteiger partial charge in [-0.2, -0.15) is 0 Å². The van der Waals surface area contributed by atoms with Crippen LogP contribution in [0.2, 0.25) is 0 Å². The summed E-state index contributed by atoms with van der Waals surface area (Å²) in [4.78, 5) is 0. The molecule has 0 aliphatic heterocycles. The second kappa shape index (κ2) is 3.84. The standard InChI is InChI=1S/C13H25N/c1-13(2)11(9-14)12(13)10-7-5-3-4-6-8-10/h10-12H,3-9,14H2,1-2H3/t11-,12-/m1/s1. The topological polar surface area (TPSA) is 26.0 Å². The average molecular weight is 195 g/mol. The van der Waals surface area contributed by atoms with Gasteiger partial charge < -0.3 is 5.73 Å². The summed E-state index contributed by atoms with van der Waals surface area (Å²) >= 11 is 0. The molecule has 2 aliphatic carbocycles. The predicted molar refractivity (Wildman–Crippen MR) is 61.0 cm³/mol. The van der Waals surface area contributed by atoms with Crippen molar-refractivity contribution in [1.29, 1.82) is 0 Å². The fraction of sp³-hybridized carbons (Fsp3) is 1.00. The molecule has 2 rings (SSSR count). The molecule has 0 unspecified atom stereocenters. The van der Waals surface area contributed by atoms with Gasteiger partial charge in [-0.1, -0.05) is 52.4 Å². The molecule has 2 saturated carbocycles. The van der Waals surface area contributed by atoms with Crippen LogP contribution < -0.4 is 5.73 Å². The van der Waals surface area contributed by atoms with E-state index >= 15 is 0 Å². The summed E-state index contributed by atoms with van der Waals surface area (Å²) in [6, 6.07) is 0. The summed E-state index contributed by atoms with van der Waals surface area (Å²) in [7, 11) is 0. The maximum Gasteiger partial charge on any atom is -0.00407 e. The zero-order valence-electron chi connectivity index (χ0n) is 9.76. The van der Waals surface area contributed by atoms with Crippen LogP contribution in [-0.2, 0) is 0 Å². The monoisotopic (exact) mass is 195 g/mol. The van der Waals surface area contributed by atoms with Gasteiger partial charge in [0.25, 0.3) is 0 Å². The maximum absolute atomic E-state index is 5.85. The minimum absolute atomic E-state index is 0.559. The van der Waals surface area contributed by atoms with Crippen molar-refractivity contribution in [2.75, 3.05) is 6.54 Å². The molecule has 2 aliphatic rings. The number of rotatable bonds is 2. The zero-order valence-corrected chi connectivity index (χ0v) is 9.76. The number of hydrogen-bond donors (Lipinski definition) is 1. The first kappa shape index (κ1) is 10.5. The quantitative estimate of drug-likeness (QED) is 0.673. The van der Waals surface area contributed by atoms with Crippen LogP contribution in [0.15, 0.2) is 0 Å². The van der Waals surface area contributed by atoms with Crippen molar-refractivity contribution in [3.8, 4) is 0 Å². The van der Waals surface area contributed by atoms with Gasteiger partial charge in [0.2, 0.25) is 0 Å². The molecule has 0 bridgehead atoms. The van der Waals surface area contributed by atoms with E-state index in [0.717, 1.165) is 24.3 Å². The second-order valence-corrected chi connectivity index (χ2v) is 5.94. The highest BCUT2D eigenvalue weighted by Crippen LogP contribution is 2.63. The third-order valence-corrected chi connectivity index (χ3v) is 4.80. The van der Waals surface area contributed by atoms with Gasteiger partial charge in [0.15, 0.2) is 0 Å². The molecule has 0 spiro atoms. The normalized spacial score (nSPS) is 37.9. The third kappa shape index (κ3) is 1.71. The van der Waals surface area contributed by atoms with E-state index in [1.165, 1.54) is 38.5 Å². The lowest BCUT2D eigenvalue weighted by Gasteiger charge is -2.15. The van der Waals surface area contributed by atoms with Crippen molar-refractivity contribution in [3.63, 3.8) is 0 Å². The molecule has 1 nitrogen and oxygen atoms in total. The summed E-state index contributed by atoms with van der Waals surface area (Å²) in [6.45, 7) is 5.74. The second-order valence-electron chi connectivity index (χ2n) is 5.94. The Balaban J connectivity index is 1.95. The van der Waals surface area contributed by atoms with Gasteiger partial charge in [-0.25, -0.2) is 0 Å². The summed E-state index contributed by atoms with van der Waals surface area (Å²) in [5, 5.41) is 0. The molecular formula is C13H25N. The van der Waals surface area contributed by atoms with Gasteiger partial charge >= 0.3 is 0 Å². The van der Waals surface area contributed by atoms with Gasteiger partial charge in [-0.3, -0.25) is 0 Å². The Morgan fingerprint density at radius 3 is 2.07 bits per heavy atom. The largest absolute Gasteiger partial charge is 0.330 e. The molecule has 0 aromatic heterocycles. The molecule has 0 aromatic carbocycles. The Morgan fingerprint density at radius 1 is 1.07 bits per heavy atom. The Morgan fingerprint density at radius 2 is 1.64 bits per heavy atom. The van der Waals surface area contributed by atoms with Crippen LogP contribution in [0, 0.1) is 23.2 Å². The van der Waals surface area contributed by atoms with Crippen molar-refractivity contribution in [2.24, 2.45) is 28.9 Å². The lowest BCUT2D eigenvalue weighted by molar-refractivity contribution is 0.351. The van der Waals surface area contributed by atoms with E-state index in [-0.39, 0.29) is 0 Å². The molecule has 0 aromatic rings. The highest BCUT2D eigenvalue weighted by molar-refractivity contribution is 5.07. The Hall–Kier alpha value is -0.0400. The van der Waals surface area contributed by atoms with Gasteiger partial charge in [-0.15, -0.1) is 0 Å². The molecule has 0 heterocycles. The maximum atomic E-state index is 5.85. The van der Waals surface area contributed by atoms with Gasteiger partial charge in [0.05, 0.1) is 0 Å². The van der Waals surface area contributed by atoms with E-state index in [1.54, 1.807) is 0 Å². The molecule has 82 valence electrons. The first-order valence-electron chi connectivity index (χ1n) is 6.38. The highest BCUT2D eigenvalue weighted by atomic mass is 14.7. The van der Waals surface area contributed by atoms with E-state index in [0.29, 0.717) is 5.41 Å². The van der Waals surface area contributed by atoms with Gasteiger partial charge in [0, 0.05) is 0 Å². The van der Waals surface area contributed by atoms with Crippen LogP contribution in [0.5, 0.6) is 0 Å². The van der Waals surface area contributed by atoms with Crippen molar-refractivity contribution in [3.05, 3.63) is 0 Å². The molecule has 2 fully saturated rings. The SMILES string of the molecule is CC1(C)[C@H](CN)[C@H]1C1CCCCCC1. The fourth-order valence-electron chi connectivity index (χ4n) is 3.84. The fourth-order valence-corrected chi connectivity index (χ4v) is 3.84. The lowest BCUT2D eigenvalue weighted by atomic mass is 9.90. The van der Waals surface area contributed by atoms with Crippen LogP contribution in [0.1, 0.15) is 52.4 Å². The van der Waals surface area contributed by atoms with Crippen molar-refractivity contribution in [1.82, 2.24) is 0 Å². The summed E-state index contributed by atoms with van der Waals surface area (Å²) in [5.74, 6) is 2.78. The van der Waals surface area contributed by atoms with Gasteiger partial charge in [-0.05, 0) is 29.7 Å². The van der Waals surface area contributed by atoms with E-state index in [4.69, 9.17) is 5.73 Å². The molecule has 0 radical (unpaired) electrons. The van der Waals surface area contributed by atoms with Crippen LogP contribution >= 0.6 is 0 Å². The smallest absolute Gasteiger partial charge is 0.00407 e. The average Bonchev–Trinajstić information content (AvgIpc) is 2.78. The van der Waals surface area contributed by atoms with E-state index in [2.05, 4.69) is 13.8 Å². The Labute approximate surface area is 88.4 Å². The summed E-state index contributed by atoms with van der Waals surface area (Å²) in [6.07, 6.45) is 8.83. The first-order valence-corrected chi connectivity index (χ1v) is 6.38. The Kier molecular flexibility index (Phi) is 2.88. The van der Waals surface area contributed by atoms with Crippen LogP contribution in [0.25, 0.3) is 0 Å². The highest BCUT2D eigenvalue weighted by Gasteiger charge is 2.58. The third-order valence-electron chi connectivity index (χ3n) is 4.80. The molecule has 0 amide bonds. The lowest BCUT2D eigenvalue weighted by Crippen LogP contribution is -2.08. The Bertz CT molecular complexity index is 189. The minimum atomic E-state index is 0.559. The van der Waals surface area contributed by atoms with E-state index in [1.807, 2.05) is 0 Å². The molecule has 14 heavy (non-hydrogen) atoms. The first-order chi connectivity index (χ1) is 6.68. The number of nitrogens with two attached hydrogens (primary N) is 1. The molecule has 2 atom stereocenters. The van der Waals surface area contributed by atoms with E-state index in [9.17, 15) is 0 Å². The minimum Gasteiger partial charge on any atom is -0.330 e. The molecule has 1 heteroatoms. The molecule has 2 N–H and O–H groups in total. The summed E-state index contributed by atoms with van der Waals surface area (Å²) in [5.41, 5.74) is 6.40. The van der Waals surface area contributed by atoms with E-state index < -0.39 is 0 Å². The summed E-state index contributed by atoms with van der Waals surface area (Å²) < 4.78 is 0.